The first-order chi connectivity index (χ1) is 10.9. The highest BCUT2D eigenvalue weighted by molar-refractivity contribution is 7.88. The summed E-state index contributed by atoms with van der Waals surface area (Å²) in [4.78, 5) is 19.0. The Hall–Kier alpha value is -1.67. The van der Waals surface area contributed by atoms with Crippen molar-refractivity contribution in [3.8, 4) is 0 Å². The number of rotatable bonds is 4. The van der Waals surface area contributed by atoms with Gasteiger partial charge in [-0.3, -0.25) is 4.79 Å². The van der Waals surface area contributed by atoms with Crippen LogP contribution < -0.4 is 10.2 Å². The Balaban J connectivity index is 1.65. The number of carbonyl (C=O) groups is 1. The molecular weight excluding hydrogens is 316 g/mol. The van der Waals surface area contributed by atoms with Crippen LogP contribution in [-0.2, 0) is 14.8 Å². The molecular formula is C15H22N4O3S. The minimum atomic E-state index is -3.36. The van der Waals surface area contributed by atoms with Gasteiger partial charge in [-0.25, -0.2) is 13.4 Å². The Kier molecular flexibility index (Phi) is 4.54. The maximum atomic E-state index is 12.4. The lowest BCUT2D eigenvalue weighted by molar-refractivity contribution is -0.119. The molecule has 1 atom stereocenters. The molecule has 0 aromatic carbocycles. The highest BCUT2D eigenvalue weighted by Crippen LogP contribution is 2.23. The molecule has 1 N–H and O–H groups in total. The standard InChI is InChI=1S/C15H22N4O3S/c1-23(21,22)19-10-4-5-13(19)15(20)17-12-6-7-14(16-11-12)18-8-2-3-9-18/h6-7,11,13H,2-5,8-10H2,1H3,(H,17,20). The van der Waals surface area contributed by atoms with Crippen molar-refractivity contribution in [2.24, 2.45) is 0 Å². The predicted octanol–water partition coefficient (Wildman–Crippen LogP) is 1.04. The maximum Gasteiger partial charge on any atom is 0.242 e. The molecule has 23 heavy (non-hydrogen) atoms. The fourth-order valence-corrected chi connectivity index (χ4v) is 4.34. The average molecular weight is 338 g/mol. The highest BCUT2D eigenvalue weighted by Gasteiger charge is 2.36. The SMILES string of the molecule is CS(=O)(=O)N1CCCC1C(=O)Nc1ccc(N2CCCC2)nc1. The summed E-state index contributed by atoms with van der Waals surface area (Å²) in [6.45, 7) is 2.44. The number of nitrogens with one attached hydrogen (secondary N) is 1. The Morgan fingerprint density at radius 2 is 1.96 bits per heavy atom. The van der Waals surface area contributed by atoms with E-state index in [4.69, 9.17) is 0 Å². The van der Waals surface area contributed by atoms with Crippen molar-refractivity contribution in [3.63, 3.8) is 0 Å². The molecule has 2 fully saturated rings. The topological polar surface area (TPSA) is 82.6 Å². The Morgan fingerprint density at radius 3 is 2.57 bits per heavy atom. The zero-order valence-electron chi connectivity index (χ0n) is 13.2. The molecule has 126 valence electrons. The molecule has 0 bridgehead atoms. The van der Waals surface area contributed by atoms with Crippen LogP contribution in [0.5, 0.6) is 0 Å². The number of pyridine rings is 1. The fraction of sp³-hybridized carbons (Fsp3) is 0.600. The lowest BCUT2D eigenvalue weighted by Gasteiger charge is -2.21. The number of sulfonamides is 1. The van der Waals surface area contributed by atoms with Crippen LogP contribution in [0.1, 0.15) is 25.7 Å². The molecule has 2 aliphatic rings. The van der Waals surface area contributed by atoms with Crippen LogP contribution in [-0.4, -0.2) is 55.5 Å². The molecule has 7 nitrogen and oxygen atoms in total. The molecule has 3 heterocycles. The summed E-state index contributed by atoms with van der Waals surface area (Å²) in [5.41, 5.74) is 0.596. The molecule has 0 aliphatic carbocycles. The van der Waals surface area contributed by atoms with E-state index < -0.39 is 16.1 Å². The van der Waals surface area contributed by atoms with Gasteiger partial charge in [0.15, 0.2) is 0 Å². The Morgan fingerprint density at radius 1 is 1.22 bits per heavy atom. The van der Waals surface area contributed by atoms with Gasteiger partial charge >= 0.3 is 0 Å². The first-order valence-electron chi connectivity index (χ1n) is 7.94. The van der Waals surface area contributed by atoms with Gasteiger partial charge in [0, 0.05) is 19.6 Å². The lowest BCUT2D eigenvalue weighted by atomic mass is 10.2. The van der Waals surface area contributed by atoms with Crippen molar-refractivity contribution in [2.45, 2.75) is 31.7 Å². The molecule has 8 heteroatoms. The lowest BCUT2D eigenvalue weighted by Crippen LogP contribution is -2.42. The van der Waals surface area contributed by atoms with Crippen LogP contribution in [0, 0.1) is 0 Å². The molecule has 0 spiro atoms. The quantitative estimate of drug-likeness (QED) is 0.887. The van der Waals surface area contributed by atoms with Gasteiger partial charge in [-0.1, -0.05) is 0 Å². The predicted molar refractivity (Wildman–Crippen MR) is 88.9 cm³/mol. The highest BCUT2D eigenvalue weighted by atomic mass is 32.2. The minimum absolute atomic E-state index is 0.288. The molecule has 1 aromatic heterocycles. The zero-order chi connectivity index (χ0) is 16.4. The van der Waals surface area contributed by atoms with E-state index in [1.54, 1.807) is 6.20 Å². The van der Waals surface area contributed by atoms with Crippen molar-refractivity contribution in [3.05, 3.63) is 18.3 Å². The summed E-state index contributed by atoms with van der Waals surface area (Å²) in [6, 6.07) is 3.09. The number of anilines is 2. The third-order valence-corrected chi connectivity index (χ3v) is 5.67. The van der Waals surface area contributed by atoms with Gasteiger partial charge in [-0.15, -0.1) is 0 Å². The molecule has 2 saturated heterocycles. The third-order valence-electron chi connectivity index (χ3n) is 4.38. The second-order valence-electron chi connectivity index (χ2n) is 6.12. The molecule has 0 radical (unpaired) electrons. The van der Waals surface area contributed by atoms with Gasteiger partial charge in [0.1, 0.15) is 11.9 Å². The summed E-state index contributed by atoms with van der Waals surface area (Å²) < 4.78 is 24.7. The van der Waals surface area contributed by atoms with Crippen molar-refractivity contribution in [1.82, 2.24) is 9.29 Å². The summed E-state index contributed by atoms with van der Waals surface area (Å²) in [7, 11) is -3.36. The van der Waals surface area contributed by atoms with Crippen LogP contribution in [0.2, 0.25) is 0 Å². The molecule has 1 unspecified atom stereocenters. The molecule has 0 saturated carbocycles. The fourth-order valence-electron chi connectivity index (χ4n) is 3.22. The van der Waals surface area contributed by atoms with Gasteiger partial charge in [-0.05, 0) is 37.8 Å². The number of nitrogens with zero attached hydrogens (tertiary/aromatic N) is 3. The second kappa shape index (κ2) is 6.45. The smallest absolute Gasteiger partial charge is 0.242 e. The van der Waals surface area contributed by atoms with Gasteiger partial charge in [-0.2, -0.15) is 4.31 Å². The van der Waals surface area contributed by atoms with Crippen LogP contribution in [0.25, 0.3) is 0 Å². The summed E-state index contributed by atoms with van der Waals surface area (Å²) in [5, 5.41) is 2.78. The first kappa shape index (κ1) is 16.2. The van der Waals surface area contributed by atoms with Gasteiger partial charge < -0.3 is 10.2 Å². The van der Waals surface area contributed by atoms with E-state index in [2.05, 4.69) is 15.2 Å². The van der Waals surface area contributed by atoms with Crippen molar-refractivity contribution in [2.75, 3.05) is 36.1 Å². The van der Waals surface area contributed by atoms with Gasteiger partial charge in [0.25, 0.3) is 0 Å². The van der Waals surface area contributed by atoms with Gasteiger partial charge in [0.2, 0.25) is 15.9 Å². The zero-order valence-corrected chi connectivity index (χ0v) is 14.1. The molecule has 1 amide bonds. The third kappa shape index (κ3) is 3.64. The molecule has 3 rings (SSSR count). The van der Waals surface area contributed by atoms with E-state index in [1.807, 2.05) is 12.1 Å². The van der Waals surface area contributed by atoms with E-state index >= 15 is 0 Å². The van der Waals surface area contributed by atoms with Crippen molar-refractivity contribution in [1.29, 1.82) is 0 Å². The van der Waals surface area contributed by atoms with E-state index in [0.29, 0.717) is 25.1 Å². The monoisotopic (exact) mass is 338 g/mol. The molecule has 1 aromatic rings. The van der Waals surface area contributed by atoms with E-state index in [-0.39, 0.29) is 5.91 Å². The van der Waals surface area contributed by atoms with Gasteiger partial charge in [0.05, 0.1) is 18.1 Å². The summed E-state index contributed by atoms with van der Waals surface area (Å²) >= 11 is 0. The number of aromatic nitrogens is 1. The number of amides is 1. The second-order valence-corrected chi connectivity index (χ2v) is 8.06. The van der Waals surface area contributed by atoms with Crippen LogP contribution >= 0.6 is 0 Å². The number of carbonyl (C=O) groups excluding carboxylic acids is 1. The average Bonchev–Trinajstić information content (AvgIpc) is 3.19. The Labute approximate surface area is 136 Å². The molecule has 2 aliphatic heterocycles. The van der Waals surface area contributed by atoms with Crippen molar-refractivity contribution >= 4 is 27.4 Å². The minimum Gasteiger partial charge on any atom is -0.357 e. The van der Waals surface area contributed by atoms with Crippen LogP contribution in [0.15, 0.2) is 18.3 Å². The number of hydrogen-bond acceptors (Lipinski definition) is 5. The number of hydrogen-bond donors (Lipinski definition) is 1. The van der Waals surface area contributed by atoms with Crippen molar-refractivity contribution < 1.29 is 13.2 Å². The maximum absolute atomic E-state index is 12.4. The summed E-state index contributed by atoms with van der Waals surface area (Å²) in [6.07, 6.45) is 6.40. The van der Waals surface area contributed by atoms with E-state index in [9.17, 15) is 13.2 Å². The van der Waals surface area contributed by atoms with Crippen LogP contribution in [0.3, 0.4) is 0 Å². The largest absolute Gasteiger partial charge is 0.357 e. The van der Waals surface area contributed by atoms with E-state index in [1.165, 1.54) is 17.1 Å². The van der Waals surface area contributed by atoms with Crippen LogP contribution in [0.4, 0.5) is 11.5 Å². The Bertz CT molecular complexity index is 668. The first-order valence-corrected chi connectivity index (χ1v) is 9.79. The normalized spacial score (nSPS) is 22.5. The van der Waals surface area contributed by atoms with E-state index in [0.717, 1.165) is 25.2 Å². The summed E-state index contributed by atoms with van der Waals surface area (Å²) in [5.74, 6) is 0.628.